The van der Waals surface area contributed by atoms with Gasteiger partial charge in [0.15, 0.2) is 0 Å². The highest BCUT2D eigenvalue weighted by molar-refractivity contribution is 5.78. The van der Waals surface area contributed by atoms with Gasteiger partial charge in [-0.05, 0) is 51.3 Å². The molecule has 1 aliphatic rings. The molecule has 25 heavy (non-hydrogen) atoms. The van der Waals surface area contributed by atoms with Crippen molar-refractivity contribution in [3.05, 3.63) is 35.6 Å². The van der Waals surface area contributed by atoms with E-state index in [1.807, 2.05) is 26.8 Å². The van der Waals surface area contributed by atoms with E-state index >= 15 is 0 Å². The molecule has 1 aliphatic heterocycles. The highest BCUT2D eigenvalue weighted by Crippen LogP contribution is 2.33. The first kappa shape index (κ1) is 19.4. The van der Waals surface area contributed by atoms with Crippen molar-refractivity contribution in [1.82, 2.24) is 15.5 Å². The Kier molecular flexibility index (Phi) is 5.83. The third kappa shape index (κ3) is 5.53. The van der Waals surface area contributed by atoms with Crippen molar-refractivity contribution in [2.45, 2.75) is 51.6 Å². The number of hydrogen-bond acceptors (Lipinski definition) is 3. The van der Waals surface area contributed by atoms with Crippen LogP contribution in [0.1, 0.15) is 46.1 Å². The van der Waals surface area contributed by atoms with Gasteiger partial charge in [0.2, 0.25) is 11.8 Å². The molecule has 1 fully saturated rings. The Labute approximate surface area is 149 Å². The summed E-state index contributed by atoms with van der Waals surface area (Å²) in [6.07, 6.45) is 1.28. The second-order valence-electron chi connectivity index (χ2n) is 7.85. The summed E-state index contributed by atoms with van der Waals surface area (Å²) in [6.45, 7) is 8.98. The van der Waals surface area contributed by atoms with Gasteiger partial charge >= 0.3 is 0 Å². The summed E-state index contributed by atoms with van der Waals surface area (Å²) in [7, 11) is 0. The van der Waals surface area contributed by atoms with Crippen LogP contribution in [0.3, 0.4) is 0 Å². The van der Waals surface area contributed by atoms with Crippen molar-refractivity contribution in [3.8, 4) is 0 Å². The zero-order valence-electron chi connectivity index (χ0n) is 15.5. The number of benzene rings is 1. The normalized spacial score (nSPS) is 17.8. The van der Waals surface area contributed by atoms with Gasteiger partial charge in [0.05, 0.1) is 12.1 Å². The molecule has 0 saturated carbocycles. The molecule has 1 heterocycles. The van der Waals surface area contributed by atoms with E-state index in [0.29, 0.717) is 32.5 Å². The lowest BCUT2D eigenvalue weighted by atomic mass is 9.80. The molecule has 1 aromatic carbocycles. The quantitative estimate of drug-likeness (QED) is 0.876. The molecule has 0 unspecified atom stereocenters. The SMILES string of the molecule is CC(=O)NC1(c2cccc(F)c2)CCN(CC(=O)NC(C)(C)C)CC1. The van der Waals surface area contributed by atoms with Crippen molar-refractivity contribution < 1.29 is 14.0 Å². The lowest BCUT2D eigenvalue weighted by Crippen LogP contribution is -2.54. The van der Waals surface area contributed by atoms with E-state index in [1.165, 1.54) is 19.1 Å². The maximum absolute atomic E-state index is 13.7. The molecule has 0 atom stereocenters. The van der Waals surface area contributed by atoms with Crippen LogP contribution in [0.4, 0.5) is 4.39 Å². The molecule has 0 radical (unpaired) electrons. The summed E-state index contributed by atoms with van der Waals surface area (Å²) >= 11 is 0. The smallest absolute Gasteiger partial charge is 0.234 e. The summed E-state index contributed by atoms with van der Waals surface area (Å²) in [4.78, 5) is 25.9. The second-order valence-corrected chi connectivity index (χ2v) is 7.85. The Bertz CT molecular complexity index is 632. The third-order valence-corrected chi connectivity index (χ3v) is 4.38. The number of amides is 2. The monoisotopic (exact) mass is 349 g/mol. The van der Waals surface area contributed by atoms with Gasteiger partial charge in [-0.2, -0.15) is 0 Å². The molecule has 0 spiro atoms. The fraction of sp³-hybridized carbons (Fsp3) is 0.579. The molecule has 5 nitrogen and oxygen atoms in total. The number of carbonyl (C=O) groups excluding carboxylic acids is 2. The molecular weight excluding hydrogens is 321 g/mol. The van der Waals surface area contributed by atoms with E-state index in [0.717, 1.165) is 5.56 Å². The van der Waals surface area contributed by atoms with E-state index in [1.54, 1.807) is 6.07 Å². The number of rotatable bonds is 4. The largest absolute Gasteiger partial charge is 0.350 e. The lowest BCUT2D eigenvalue weighted by molar-refractivity contribution is -0.125. The summed E-state index contributed by atoms with van der Waals surface area (Å²) in [5.74, 6) is -0.456. The molecule has 0 bridgehead atoms. The molecule has 1 saturated heterocycles. The Morgan fingerprint density at radius 2 is 1.88 bits per heavy atom. The summed E-state index contributed by atoms with van der Waals surface area (Å²) in [6, 6.07) is 6.40. The maximum Gasteiger partial charge on any atom is 0.234 e. The second kappa shape index (κ2) is 7.52. The van der Waals surface area contributed by atoms with E-state index < -0.39 is 5.54 Å². The Balaban J connectivity index is 2.06. The Morgan fingerprint density at radius 3 is 2.40 bits per heavy atom. The van der Waals surface area contributed by atoms with Gasteiger partial charge in [0.1, 0.15) is 5.82 Å². The fourth-order valence-corrected chi connectivity index (χ4v) is 3.36. The van der Waals surface area contributed by atoms with Crippen molar-refractivity contribution >= 4 is 11.8 Å². The average Bonchev–Trinajstić information content (AvgIpc) is 2.47. The van der Waals surface area contributed by atoms with Gasteiger partial charge in [-0.3, -0.25) is 14.5 Å². The number of carbonyl (C=O) groups is 2. The third-order valence-electron chi connectivity index (χ3n) is 4.38. The minimum atomic E-state index is -0.578. The van der Waals surface area contributed by atoms with Crippen LogP contribution < -0.4 is 10.6 Å². The molecule has 0 aromatic heterocycles. The zero-order valence-corrected chi connectivity index (χ0v) is 15.5. The van der Waals surface area contributed by atoms with Crippen LogP contribution in [0.25, 0.3) is 0 Å². The molecule has 1 aromatic rings. The molecule has 2 amide bonds. The highest BCUT2D eigenvalue weighted by Gasteiger charge is 2.37. The van der Waals surface area contributed by atoms with E-state index in [9.17, 15) is 14.0 Å². The molecule has 6 heteroatoms. The summed E-state index contributed by atoms with van der Waals surface area (Å²) < 4.78 is 13.7. The minimum absolute atomic E-state index is 0.00900. The minimum Gasteiger partial charge on any atom is -0.350 e. The first-order chi connectivity index (χ1) is 11.6. The van der Waals surface area contributed by atoms with Crippen molar-refractivity contribution in [2.24, 2.45) is 0 Å². The van der Waals surface area contributed by atoms with Gasteiger partial charge < -0.3 is 10.6 Å². The van der Waals surface area contributed by atoms with Gasteiger partial charge in [-0.1, -0.05) is 12.1 Å². The number of nitrogens with zero attached hydrogens (tertiary/aromatic N) is 1. The van der Waals surface area contributed by atoms with Crippen molar-refractivity contribution in [1.29, 1.82) is 0 Å². The van der Waals surface area contributed by atoms with E-state index in [2.05, 4.69) is 15.5 Å². The molecule has 2 rings (SSSR count). The molecule has 0 aliphatic carbocycles. The fourth-order valence-electron chi connectivity index (χ4n) is 3.36. The van der Waals surface area contributed by atoms with Crippen LogP contribution in [0.5, 0.6) is 0 Å². The Hall–Kier alpha value is -1.95. The summed E-state index contributed by atoms with van der Waals surface area (Å²) in [5, 5.41) is 5.98. The summed E-state index contributed by atoms with van der Waals surface area (Å²) in [5.41, 5.74) is -0.0549. The standard InChI is InChI=1S/C19H28FN3O2/c1-14(24)21-19(15-6-5-7-16(20)12-15)8-10-23(11-9-19)13-17(25)22-18(2,3)4/h5-7,12H,8-11,13H2,1-4H3,(H,21,24)(H,22,25). The van der Waals surface area contributed by atoms with Gasteiger partial charge in [-0.25, -0.2) is 4.39 Å². The van der Waals surface area contributed by atoms with Crippen LogP contribution in [0.2, 0.25) is 0 Å². The van der Waals surface area contributed by atoms with Crippen LogP contribution in [-0.2, 0) is 15.1 Å². The van der Waals surface area contributed by atoms with Gasteiger partial charge in [0.25, 0.3) is 0 Å². The zero-order chi connectivity index (χ0) is 18.7. The maximum atomic E-state index is 13.7. The van der Waals surface area contributed by atoms with Gasteiger partial charge in [0, 0.05) is 25.6 Å². The predicted octanol–water partition coefficient (Wildman–Crippen LogP) is 2.17. The molecule has 2 N–H and O–H groups in total. The lowest BCUT2D eigenvalue weighted by Gasteiger charge is -2.42. The highest BCUT2D eigenvalue weighted by atomic mass is 19.1. The van der Waals surface area contributed by atoms with Crippen LogP contribution in [0.15, 0.2) is 24.3 Å². The van der Waals surface area contributed by atoms with Crippen LogP contribution in [0, 0.1) is 5.82 Å². The van der Waals surface area contributed by atoms with Crippen LogP contribution >= 0.6 is 0 Å². The molecular formula is C19H28FN3O2. The number of halogens is 1. The van der Waals surface area contributed by atoms with Crippen molar-refractivity contribution in [2.75, 3.05) is 19.6 Å². The number of likely N-dealkylation sites (tertiary alicyclic amines) is 1. The number of piperidine rings is 1. The van der Waals surface area contributed by atoms with Crippen LogP contribution in [-0.4, -0.2) is 41.9 Å². The first-order valence-corrected chi connectivity index (χ1v) is 8.68. The Morgan fingerprint density at radius 1 is 1.24 bits per heavy atom. The topological polar surface area (TPSA) is 61.4 Å². The van der Waals surface area contributed by atoms with Crippen molar-refractivity contribution in [3.63, 3.8) is 0 Å². The van der Waals surface area contributed by atoms with E-state index in [-0.39, 0.29) is 23.2 Å². The van der Waals surface area contributed by atoms with E-state index in [4.69, 9.17) is 0 Å². The number of hydrogen-bond donors (Lipinski definition) is 2. The molecule has 138 valence electrons. The average molecular weight is 349 g/mol. The predicted molar refractivity (Wildman–Crippen MR) is 95.5 cm³/mol. The van der Waals surface area contributed by atoms with Gasteiger partial charge in [-0.15, -0.1) is 0 Å². The number of nitrogens with one attached hydrogen (secondary N) is 2. The first-order valence-electron chi connectivity index (χ1n) is 8.68.